The van der Waals surface area contributed by atoms with Gasteiger partial charge >= 0.3 is 0 Å². The maximum atomic E-state index is 11.4. The highest BCUT2D eigenvalue weighted by Gasteiger charge is 2.14. The minimum absolute atomic E-state index is 0.260. The molecule has 0 saturated carbocycles. The first-order valence-electron chi connectivity index (χ1n) is 7.73. The van der Waals surface area contributed by atoms with E-state index in [9.17, 15) is 13.5 Å². The normalized spacial score (nSPS) is 11.3. The summed E-state index contributed by atoms with van der Waals surface area (Å²) < 4.78 is 33.6. The van der Waals surface area contributed by atoms with Crippen LogP contribution in [0, 0.1) is 0 Å². The summed E-state index contributed by atoms with van der Waals surface area (Å²) in [4.78, 5) is -0.260. The summed E-state index contributed by atoms with van der Waals surface area (Å²) in [6.07, 6.45) is 0.595. The number of methoxy groups -OCH3 is 1. The van der Waals surface area contributed by atoms with Crippen LogP contribution in [0.2, 0.25) is 0 Å². The smallest absolute Gasteiger partial charge is 0.241 e. The molecule has 0 radical (unpaired) electrons. The Kier molecular flexibility index (Phi) is 6.63. The molecule has 4 N–H and O–H groups in total. The Hall–Kier alpha value is -2.29. The van der Waals surface area contributed by atoms with Crippen LogP contribution >= 0.6 is 0 Å². The first-order chi connectivity index (χ1) is 11.9. The van der Waals surface area contributed by atoms with Gasteiger partial charge in [-0.15, -0.1) is 0 Å². The molecule has 0 aliphatic rings. The molecule has 0 unspecified atom stereocenters. The number of phenolic OH excluding ortho intramolecular Hbond substituents is 1. The number of nitrogens with one attached hydrogen (secondary N) is 1. The van der Waals surface area contributed by atoms with Crippen LogP contribution in [0.4, 0.5) is 0 Å². The third kappa shape index (κ3) is 5.63. The molecule has 0 atom stereocenters. The van der Waals surface area contributed by atoms with Crippen LogP contribution in [0.3, 0.4) is 0 Å². The zero-order valence-electron chi connectivity index (χ0n) is 13.9. The second-order valence-corrected chi connectivity index (χ2v) is 6.88. The Balaban J connectivity index is 1.77. The van der Waals surface area contributed by atoms with Gasteiger partial charge in [0, 0.05) is 6.54 Å². The second kappa shape index (κ2) is 8.70. The number of hydrogen-bond donors (Lipinski definition) is 3. The summed E-state index contributed by atoms with van der Waals surface area (Å²) in [5.41, 5.74) is 0.764. The zero-order valence-corrected chi connectivity index (χ0v) is 14.8. The van der Waals surface area contributed by atoms with Crippen LogP contribution in [-0.2, 0) is 16.4 Å². The van der Waals surface area contributed by atoms with Crippen LogP contribution in [0.1, 0.15) is 5.56 Å². The van der Waals surface area contributed by atoms with Crippen LogP contribution in [0.25, 0.3) is 0 Å². The molecule has 25 heavy (non-hydrogen) atoms. The highest BCUT2D eigenvalue weighted by Crippen LogP contribution is 2.25. The summed E-state index contributed by atoms with van der Waals surface area (Å²) in [5.74, 6) is 1.02. The number of rotatable bonds is 9. The van der Waals surface area contributed by atoms with Gasteiger partial charge in [0.2, 0.25) is 10.0 Å². The predicted molar refractivity (Wildman–Crippen MR) is 94.5 cm³/mol. The first kappa shape index (κ1) is 19.0. The Labute approximate surface area is 147 Å². The quantitative estimate of drug-likeness (QED) is 0.576. The minimum atomic E-state index is -3.93. The van der Waals surface area contributed by atoms with Gasteiger partial charge in [-0.05, 0) is 42.8 Å². The maximum absolute atomic E-state index is 11.4. The summed E-state index contributed by atoms with van der Waals surface area (Å²) in [7, 11) is -2.34. The lowest BCUT2D eigenvalue weighted by Gasteiger charge is -2.11. The Morgan fingerprint density at radius 1 is 1.12 bits per heavy atom. The van der Waals surface area contributed by atoms with Crippen molar-refractivity contribution >= 4 is 10.0 Å². The molecule has 7 nitrogen and oxygen atoms in total. The van der Waals surface area contributed by atoms with Gasteiger partial charge in [0.25, 0.3) is 0 Å². The van der Waals surface area contributed by atoms with Gasteiger partial charge in [-0.3, -0.25) is 0 Å². The molecule has 0 aliphatic carbocycles. The number of ether oxygens (including phenoxy) is 2. The molecule has 2 aromatic carbocycles. The molecule has 0 bridgehead atoms. The molecule has 0 saturated heterocycles. The van der Waals surface area contributed by atoms with E-state index < -0.39 is 10.0 Å². The van der Waals surface area contributed by atoms with E-state index in [0.717, 1.165) is 5.56 Å². The molecule has 0 heterocycles. The fourth-order valence-corrected chi connectivity index (χ4v) is 2.95. The predicted octanol–water partition coefficient (Wildman–Crippen LogP) is 1.26. The summed E-state index contributed by atoms with van der Waals surface area (Å²) in [6.45, 7) is 1.72. The van der Waals surface area contributed by atoms with Crippen LogP contribution in [0.5, 0.6) is 17.2 Å². The first-order valence-corrected chi connectivity index (χ1v) is 9.27. The molecular formula is C17H22N2O5S. The lowest BCUT2D eigenvalue weighted by atomic mass is 10.1. The van der Waals surface area contributed by atoms with Crippen LogP contribution in [-0.4, -0.2) is 40.3 Å². The standard InChI is InChI=1S/C17H22N2O5S/c1-23-15-4-2-3-5-16(15)24-11-10-19-9-8-13-6-7-14(20)17(12-13)25(18,21)22/h2-7,12,19-20H,8-11H2,1H3,(H2,18,21,22). The van der Waals surface area contributed by atoms with Crippen molar-refractivity contribution in [1.82, 2.24) is 5.32 Å². The molecule has 2 rings (SSSR count). The zero-order chi connectivity index (χ0) is 18.3. The molecular weight excluding hydrogens is 344 g/mol. The van der Waals surface area contributed by atoms with E-state index >= 15 is 0 Å². The van der Waals surface area contributed by atoms with Gasteiger partial charge in [-0.25, -0.2) is 13.6 Å². The van der Waals surface area contributed by atoms with E-state index in [1.807, 2.05) is 24.3 Å². The molecule has 2 aromatic rings. The average molecular weight is 366 g/mol. The molecule has 8 heteroatoms. The number of aromatic hydroxyl groups is 1. The largest absolute Gasteiger partial charge is 0.507 e. The molecule has 0 spiro atoms. The van der Waals surface area contributed by atoms with Gasteiger partial charge in [0.1, 0.15) is 17.3 Å². The van der Waals surface area contributed by atoms with Gasteiger partial charge in [0.15, 0.2) is 11.5 Å². The number of phenols is 1. The number of para-hydroxylation sites is 2. The van der Waals surface area contributed by atoms with Crippen molar-refractivity contribution in [2.75, 3.05) is 26.8 Å². The van der Waals surface area contributed by atoms with E-state index in [4.69, 9.17) is 14.6 Å². The van der Waals surface area contributed by atoms with Crippen LogP contribution < -0.4 is 19.9 Å². The van der Waals surface area contributed by atoms with E-state index in [1.165, 1.54) is 12.1 Å². The summed E-state index contributed by atoms with van der Waals surface area (Å²) in [5, 5.41) is 17.8. The minimum Gasteiger partial charge on any atom is -0.507 e. The summed E-state index contributed by atoms with van der Waals surface area (Å²) >= 11 is 0. The molecule has 0 aromatic heterocycles. The highest BCUT2D eigenvalue weighted by molar-refractivity contribution is 7.89. The van der Waals surface area contributed by atoms with Crippen molar-refractivity contribution < 1.29 is 23.0 Å². The SMILES string of the molecule is COc1ccccc1OCCNCCc1ccc(O)c(S(N)(=O)=O)c1. The maximum Gasteiger partial charge on any atom is 0.241 e. The van der Waals surface area contributed by atoms with Crippen molar-refractivity contribution in [3.05, 3.63) is 48.0 Å². The number of sulfonamides is 1. The number of primary sulfonamides is 1. The Morgan fingerprint density at radius 3 is 2.52 bits per heavy atom. The monoisotopic (exact) mass is 366 g/mol. The van der Waals surface area contributed by atoms with E-state index in [1.54, 1.807) is 13.2 Å². The van der Waals surface area contributed by atoms with Gasteiger partial charge in [-0.1, -0.05) is 18.2 Å². The lowest BCUT2D eigenvalue weighted by molar-refractivity contribution is 0.292. The van der Waals surface area contributed by atoms with Crippen molar-refractivity contribution in [2.45, 2.75) is 11.3 Å². The topological polar surface area (TPSA) is 111 Å². The molecule has 0 amide bonds. The van der Waals surface area contributed by atoms with Crippen molar-refractivity contribution in [3.63, 3.8) is 0 Å². The summed E-state index contributed by atoms with van der Waals surface area (Å²) in [6, 6.07) is 11.8. The van der Waals surface area contributed by atoms with Gasteiger partial charge in [0.05, 0.1) is 7.11 Å². The average Bonchev–Trinajstić information content (AvgIpc) is 2.58. The fourth-order valence-electron chi connectivity index (χ4n) is 2.27. The Morgan fingerprint density at radius 2 is 1.84 bits per heavy atom. The van der Waals surface area contributed by atoms with E-state index in [2.05, 4.69) is 5.32 Å². The van der Waals surface area contributed by atoms with E-state index in [-0.39, 0.29) is 10.6 Å². The second-order valence-electron chi connectivity index (χ2n) is 5.35. The van der Waals surface area contributed by atoms with Crippen molar-refractivity contribution in [3.8, 4) is 17.2 Å². The van der Waals surface area contributed by atoms with E-state index in [0.29, 0.717) is 37.6 Å². The molecule has 136 valence electrons. The van der Waals surface area contributed by atoms with Gasteiger partial charge < -0.3 is 19.9 Å². The third-order valence-corrected chi connectivity index (χ3v) is 4.47. The number of nitrogens with two attached hydrogens (primary N) is 1. The molecule has 0 fully saturated rings. The fraction of sp³-hybridized carbons (Fsp3) is 0.294. The van der Waals surface area contributed by atoms with Crippen molar-refractivity contribution in [1.29, 1.82) is 0 Å². The molecule has 0 aliphatic heterocycles. The highest BCUT2D eigenvalue weighted by atomic mass is 32.2. The van der Waals surface area contributed by atoms with Gasteiger partial charge in [-0.2, -0.15) is 0 Å². The van der Waals surface area contributed by atoms with Crippen LogP contribution in [0.15, 0.2) is 47.4 Å². The Bertz CT molecular complexity index is 808. The lowest BCUT2D eigenvalue weighted by Crippen LogP contribution is -2.23. The number of hydrogen-bond acceptors (Lipinski definition) is 6. The number of benzene rings is 2. The third-order valence-electron chi connectivity index (χ3n) is 3.53. The van der Waals surface area contributed by atoms with Crippen molar-refractivity contribution in [2.24, 2.45) is 5.14 Å².